The number of benzene rings is 1. The van der Waals surface area contributed by atoms with Crippen molar-refractivity contribution in [1.82, 2.24) is 4.90 Å². The van der Waals surface area contributed by atoms with E-state index in [1.165, 1.54) is 0 Å². The number of nitrogens with zero attached hydrogens (tertiary/aromatic N) is 1. The molecular weight excluding hydrogens is 246 g/mol. The molecule has 1 atom stereocenters. The van der Waals surface area contributed by atoms with E-state index in [0.29, 0.717) is 37.6 Å². The molecule has 0 saturated carbocycles. The van der Waals surface area contributed by atoms with Gasteiger partial charge in [-0.05, 0) is 25.5 Å². The van der Waals surface area contributed by atoms with Crippen LogP contribution in [0.5, 0.6) is 11.5 Å². The van der Waals surface area contributed by atoms with Crippen LogP contribution in [0.3, 0.4) is 0 Å². The second-order valence-electron chi connectivity index (χ2n) is 4.45. The molecule has 5 nitrogen and oxygen atoms in total. The summed E-state index contributed by atoms with van der Waals surface area (Å²) < 4.78 is 10.9. The summed E-state index contributed by atoms with van der Waals surface area (Å²) >= 11 is 0. The van der Waals surface area contributed by atoms with Crippen LogP contribution in [0.2, 0.25) is 0 Å². The predicted molar refractivity (Wildman–Crippen MR) is 70.3 cm³/mol. The van der Waals surface area contributed by atoms with Gasteiger partial charge in [0.05, 0.1) is 12.7 Å². The molecule has 0 radical (unpaired) electrons. The molecule has 1 N–H and O–H groups in total. The largest absolute Gasteiger partial charge is 0.490 e. The van der Waals surface area contributed by atoms with Crippen LogP contribution >= 0.6 is 0 Å². The van der Waals surface area contributed by atoms with Crippen LogP contribution in [0, 0.1) is 0 Å². The topological polar surface area (TPSA) is 59.0 Å². The van der Waals surface area contributed by atoms with Gasteiger partial charge >= 0.3 is 0 Å². The standard InChI is InChI=1S/C14H19NO4/c1-2-18-12-5-3-4-6-13(12)19-10-14(17)15-8-7-11(16)9-15/h3-6,11,16H,2,7-10H2,1H3/t11-/m1/s1. The Morgan fingerprint density at radius 1 is 1.37 bits per heavy atom. The number of rotatable bonds is 5. The van der Waals surface area contributed by atoms with E-state index in [2.05, 4.69) is 0 Å². The molecule has 1 fully saturated rings. The molecule has 0 aliphatic carbocycles. The number of hydrogen-bond donors (Lipinski definition) is 1. The number of amides is 1. The van der Waals surface area contributed by atoms with Gasteiger partial charge in [0.1, 0.15) is 0 Å². The van der Waals surface area contributed by atoms with Crippen LogP contribution in [0.4, 0.5) is 0 Å². The molecule has 1 aliphatic rings. The second-order valence-corrected chi connectivity index (χ2v) is 4.45. The first kappa shape index (κ1) is 13.7. The highest BCUT2D eigenvalue weighted by molar-refractivity contribution is 5.78. The average Bonchev–Trinajstić information content (AvgIpc) is 2.84. The molecule has 2 rings (SSSR count). The van der Waals surface area contributed by atoms with Crippen molar-refractivity contribution in [1.29, 1.82) is 0 Å². The number of carbonyl (C=O) groups excluding carboxylic acids is 1. The quantitative estimate of drug-likeness (QED) is 0.864. The smallest absolute Gasteiger partial charge is 0.260 e. The molecular formula is C14H19NO4. The maximum absolute atomic E-state index is 11.9. The van der Waals surface area contributed by atoms with Gasteiger partial charge in [-0.2, -0.15) is 0 Å². The van der Waals surface area contributed by atoms with Gasteiger partial charge in [-0.15, -0.1) is 0 Å². The third kappa shape index (κ3) is 3.61. The number of likely N-dealkylation sites (tertiary alicyclic amines) is 1. The number of carbonyl (C=O) groups is 1. The van der Waals surface area contributed by atoms with Crippen LogP contribution in [-0.2, 0) is 4.79 Å². The highest BCUT2D eigenvalue weighted by Gasteiger charge is 2.24. The Balaban J connectivity index is 1.89. The van der Waals surface area contributed by atoms with Gasteiger partial charge in [0.2, 0.25) is 0 Å². The zero-order valence-corrected chi connectivity index (χ0v) is 11.0. The van der Waals surface area contributed by atoms with Gasteiger partial charge in [0.15, 0.2) is 18.1 Å². The van der Waals surface area contributed by atoms with Crippen molar-refractivity contribution in [2.45, 2.75) is 19.4 Å². The molecule has 1 heterocycles. The van der Waals surface area contributed by atoms with Crippen molar-refractivity contribution in [3.05, 3.63) is 24.3 Å². The Morgan fingerprint density at radius 2 is 2.05 bits per heavy atom. The van der Waals surface area contributed by atoms with Gasteiger partial charge in [0, 0.05) is 13.1 Å². The maximum atomic E-state index is 11.9. The summed E-state index contributed by atoms with van der Waals surface area (Å²) in [4.78, 5) is 13.5. The summed E-state index contributed by atoms with van der Waals surface area (Å²) in [6.45, 7) is 3.41. The van der Waals surface area contributed by atoms with Crippen LogP contribution in [0.1, 0.15) is 13.3 Å². The third-order valence-corrected chi connectivity index (χ3v) is 3.02. The molecule has 0 spiro atoms. The van der Waals surface area contributed by atoms with Gasteiger partial charge < -0.3 is 19.5 Å². The number of β-amino-alcohol motifs (C(OH)–C–C–N with tert-alkyl or cyclic N) is 1. The van der Waals surface area contributed by atoms with E-state index in [4.69, 9.17) is 9.47 Å². The SMILES string of the molecule is CCOc1ccccc1OCC(=O)N1CC[C@@H](O)C1. The third-order valence-electron chi connectivity index (χ3n) is 3.02. The van der Waals surface area contributed by atoms with Crippen molar-refractivity contribution in [2.75, 3.05) is 26.3 Å². The van der Waals surface area contributed by atoms with Crippen molar-refractivity contribution in [2.24, 2.45) is 0 Å². The molecule has 104 valence electrons. The van der Waals surface area contributed by atoms with Gasteiger partial charge in [-0.1, -0.05) is 12.1 Å². The van der Waals surface area contributed by atoms with Crippen molar-refractivity contribution in [3.8, 4) is 11.5 Å². The van der Waals surface area contributed by atoms with Crippen LogP contribution in [0.25, 0.3) is 0 Å². The summed E-state index contributed by atoms with van der Waals surface area (Å²) in [7, 11) is 0. The highest BCUT2D eigenvalue weighted by atomic mass is 16.5. The summed E-state index contributed by atoms with van der Waals surface area (Å²) in [5.41, 5.74) is 0. The van der Waals surface area contributed by atoms with Crippen molar-refractivity contribution < 1.29 is 19.4 Å². The lowest BCUT2D eigenvalue weighted by atomic mass is 10.3. The summed E-state index contributed by atoms with van der Waals surface area (Å²) in [6, 6.07) is 7.28. The lowest BCUT2D eigenvalue weighted by Gasteiger charge is -2.16. The number of aliphatic hydroxyl groups excluding tert-OH is 1. The Hall–Kier alpha value is -1.75. The maximum Gasteiger partial charge on any atom is 0.260 e. The monoisotopic (exact) mass is 265 g/mol. The first-order chi connectivity index (χ1) is 9.20. The first-order valence-electron chi connectivity index (χ1n) is 6.51. The molecule has 0 bridgehead atoms. The highest BCUT2D eigenvalue weighted by Crippen LogP contribution is 2.26. The minimum atomic E-state index is -0.403. The fraction of sp³-hybridized carbons (Fsp3) is 0.500. The van der Waals surface area contributed by atoms with Gasteiger partial charge in [-0.3, -0.25) is 4.79 Å². The van der Waals surface area contributed by atoms with Crippen LogP contribution in [0.15, 0.2) is 24.3 Å². The van der Waals surface area contributed by atoms with E-state index in [9.17, 15) is 9.90 Å². The van der Waals surface area contributed by atoms with E-state index < -0.39 is 6.10 Å². The number of para-hydroxylation sites is 2. The molecule has 0 aromatic heterocycles. The van der Waals surface area contributed by atoms with E-state index >= 15 is 0 Å². The Morgan fingerprint density at radius 3 is 2.63 bits per heavy atom. The Kier molecular flexibility index (Phi) is 4.63. The Labute approximate surface area is 112 Å². The van der Waals surface area contributed by atoms with Crippen LogP contribution < -0.4 is 9.47 Å². The fourth-order valence-electron chi connectivity index (χ4n) is 2.04. The van der Waals surface area contributed by atoms with E-state index in [0.717, 1.165) is 0 Å². The molecule has 1 aliphatic heterocycles. The second kappa shape index (κ2) is 6.43. The minimum Gasteiger partial charge on any atom is -0.490 e. The van der Waals surface area contributed by atoms with E-state index in [1.807, 2.05) is 25.1 Å². The van der Waals surface area contributed by atoms with Crippen molar-refractivity contribution in [3.63, 3.8) is 0 Å². The molecule has 0 unspecified atom stereocenters. The van der Waals surface area contributed by atoms with Crippen LogP contribution in [-0.4, -0.2) is 48.3 Å². The number of ether oxygens (including phenoxy) is 2. The van der Waals surface area contributed by atoms with Gasteiger partial charge in [0.25, 0.3) is 5.91 Å². The lowest BCUT2D eigenvalue weighted by Crippen LogP contribution is -2.33. The zero-order valence-electron chi connectivity index (χ0n) is 11.0. The first-order valence-corrected chi connectivity index (χ1v) is 6.51. The number of hydrogen-bond acceptors (Lipinski definition) is 4. The summed E-state index contributed by atoms with van der Waals surface area (Å²) in [5, 5.41) is 9.39. The predicted octanol–water partition coefficient (Wildman–Crippen LogP) is 1.06. The molecule has 1 aromatic rings. The molecule has 5 heteroatoms. The molecule has 1 aromatic carbocycles. The minimum absolute atomic E-state index is 0.0309. The van der Waals surface area contributed by atoms with Gasteiger partial charge in [-0.25, -0.2) is 0 Å². The summed E-state index contributed by atoms with van der Waals surface area (Å²) in [5.74, 6) is 1.10. The van der Waals surface area contributed by atoms with Crippen molar-refractivity contribution >= 4 is 5.91 Å². The van der Waals surface area contributed by atoms with E-state index in [-0.39, 0.29) is 12.5 Å². The Bertz CT molecular complexity index is 435. The summed E-state index contributed by atoms with van der Waals surface area (Å²) in [6.07, 6.45) is 0.237. The lowest BCUT2D eigenvalue weighted by molar-refractivity contribution is -0.132. The molecule has 1 saturated heterocycles. The molecule has 19 heavy (non-hydrogen) atoms. The number of aliphatic hydroxyl groups is 1. The zero-order chi connectivity index (χ0) is 13.7. The average molecular weight is 265 g/mol. The fourth-order valence-corrected chi connectivity index (χ4v) is 2.04. The van der Waals surface area contributed by atoms with E-state index in [1.54, 1.807) is 11.0 Å². The molecule has 1 amide bonds. The normalized spacial score (nSPS) is 18.4.